The van der Waals surface area contributed by atoms with Crippen LogP contribution in [0.2, 0.25) is 0 Å². The van der Waals surface area contributed by atoms with Crippen LogP contribution >= 0.6 is 0 Å². The number of hydrogen-bond donors (Lipinski definition) is 0. The molecular weight excluding hydrogens is 513 g/mol. The molecule has 0 saturated carbocycles. The number of carbonyl (C=O) groups is 2. The van der Waals surface area contributed by atoms with Gasteiger partial charge in [-0.15, -0.1) is 0 Å². The summed E-state index contributed by atoms with van der Waals surface area (Å²) < 4.78 is 27.4. The van der Waals surface area contributed by atoms with E-state index in [1.807, 2.05) is 29.8 Å². The van der Waals surface area contributed by atoms with Gasteiger partial charge in [0.15, 0.2) is 5.69 Å². The van der Waals surface area contributed by atoms with Gasteiger partial charge in [-0.25, -0.2) is 9.18 Å². The van der Waals surface area contributed by atoms with E-state index < -0.39 is 0 Å². The van der Waals surface area contributed by atoms with E-state index in [1.165, 1.54) is 6.07 Å². The number of fused-ring (bicyclic) bond motifs is 4. The predicted molar refractivity (Wildman–Crippen MR) is 146 cm³/mol. The van der Waals surface area contributed by atoms with Crippen molar-refractivity contribution in [2.75, 3.05) is 37.7 Å². The van der Waals surface area contributed by atoms with Crippen LogP contribution in [-0.4, -0.2) is 88.7 Å². The molecule has 4 fully saturated rings. The summed E-state index contributed by atoms with van der Waals surface area (Å²) in [5.74, 6) is -0.389. The lowest BCUT2D eigenvalue weighted by Gasteiger charge is -2.47. The first-order valence-corrected chi connectivity index (χ1v) is 14.7. The minimum Gasteiger partial charge on any atom is -0.444 e. The molecule has 5 aliphatic rings. The maximum absolute atomic E-state index is 14.5. The van der Waals surface area contributed by atoms with Gasteiger partial charge < -0.3 is 24.2 Å². The zero-order chi connectivity index (χ0) is 27.6. The van der Waals surface area contributed by atoms with Crippen molar-refractivity contribution in [3.8, 4) is 0 Å². The van der Waals surface area contributed by atoms with E-state index >= 15 is 0 Å². The Labute approximate surface area is 234 Å². The average Bonchev–Trinajstić information content (AvgIpc) is 3.70. The van der Waals surface area contributed by atoms with E-state index in [0.717, 1.165) is 75.0 Å². The van der Waals surface area contributed by atoms with Crippen LogP contribution in [0.1, 0.15) is 66.7 Å². The Hall–Kier alpha value is -2.98. The summed E-state index contributed by atoms with van der Waals surface area (Å²) in [5, 5.41) is 4.42. The van der Waals surface area contributed by atoms with E-state index in [4.69, 9.17) is 9.47 Å². The molecule has 0 radical (unpaired) electrons. The number of nitrogens with zero attached hydrogens (tertiary/aromatic N) is 5. The van der Waals surface area contributed by atoms with Crippen LogP contribution in [-0.2, 0) is 21.9 Å². The highest BCUT2D eigenvalue weighted by molar-refractivity contribution is 6.06. The van der Waals surface area contributed by atoms with Crippen LogP contribution < -0.4 is 4.90 Å². The van der Waals surface area contributed by atoms with E-state index in [0.29, 0.717) is 31.5 Å². The molecule has 4 saturated heterocycles. The van der Waals surface area contributed by atoms with Gasteiger partial charge in [-0.3, -0.25) is 9.48 Å². The third kappa shape index (κ3) is 4.31. The molecule has 1 aromatic carbocycles. The number of aryl methyl sites for hydroxylation is 2. The molecule has 2 aromatic rings. The zero-order valence-corrected chi connectivity index (χ0v) is 23.4. The lowest BCUT2D eigenvalue weighted by atomic mass is 9.73. The predicted octanol–water partition coefficient (Wildman–Crippen LogP) is 3.78. The quantitative estimate of drug-likeness (QED) is 0.578. The van der Waals surface area contributed by atoms with Gasteiger partial charge in [0.1, 0.15) is 11.9 Å². The number of rotatable bonds is 3. The number of benzene rings is 1. The Balaban J connectivity index is 1.04. The standard InChI is InChI=1S/C30H38FN5O4/c1-19-13-26(32-33(19)2)28(37)35-18-30(25-14-20(31)3-6-27(25)35)8-10-34(11-9-30)23-15-21-4-5-22(16-23)36(21)29(38)40-24-7-12-39-17-24/h3,6,13-14,21-24H,4-5,7-12,15-18H2,1-2H3/t21?,22?,23?,24-/m1/s1. The minimum atomic E-state index is -0.264. The van der Waals surface area contributed by atoms with E-state index in [-0.39, 0.29) is 41.4 Å². The van der Waals surface area contributed by atoms with E-state index in [1.54, 1.807) is 16.8 Å². The smallest absolute Gasteiger partial charge is 0.410 e. The van der Waals surface area contributed by atoms with Gasteiger partial charge in [0.05, 0.1) is 13.2 Å². The summed E-state index contributed by atoms with van der Waals surface area (Å²) in [6.45, 7) is 5.44. The van der Waals surface area contributed by atoms with Crippen molar-refractivity contribution in [2.24, 2.45) is 7.05 Å². The van der Waals surface area contributed by atoms with Crippen LogP contribution in [0.15, 0.2) is 24.3 Å². The molecular formula is C30H38FN5O4. The third-order valence-corrected chi connectivity index (χ3v) is 10.2. The topological polar surface area (TPSA) is 80.1 Å². The van der Waals surface area contributed by atoms with Crippen LogP contribution in [0.25, 0.3) is 0 Å². The summed E-state index contributed by atoms with van der Waals surface area (Å²) in [6.07, 6.45) is 6.24. The Morgan fingerprint density at radius 1 is 1.07 bits per heavy atom. The first kappa shape index (κ1) is 26.0. The maximum atomic E-state index is 14.5. The van der Waals surface area contributed by atoms with E-state index in [2.05, 4.69) is 10.00 Å². The normalized spacial score (nSPS) is 29.3. The molecule has 2 unspecified atom stereocenters. The zero-order valence-electron chi connectivity index (χ0n) is 23.4. The Morgan fingerprint density at radius 2 is 1.82 bits per heavy atom. The molecule has 0 N–H and O–H groups in total. The van der Waals surface area contributed by atoms with E-state index in [9.17, 15) is 14.0 Å². The van der Waals surface area contributed by atoms with Gasteiger partial charge in [0.2, 0.25) is 0 Å². The van der Waals surface area contributed by atoms with Gasteiger partial charge >= 0.3 is 6.09 Å². The summed E-state index contributed by atoms with van der Waals surface area (Å²) in [6, 6.07) is 7.54. The van der Waals surface area contributed by atoms with Crippen molar-refractivity contribution in [1.82, 2.24) is 19.6 Å². The summed E-state index contributed by atoms with van der Waals surface area (Å²) in [5.41, 5.74) is 2.83. The largest absolute Gasteiger partial charge is 0.444 e. The van der Waals surface area contributed by atoms with Gasteiger partial charge in [0, 0.05) is 54.9 Å². The number of hydrogen-bond acceptors (Lipinski definition) is 6. The maximum Gasteiger partial charge on any atom is 0.410 e. The summed E-state index contributed by atoms with van der Waals surface area (Å²) >= 11 is 0. The second-order valence-electron chi connectivity index (χ2n) is 12.5. The van der Waals surface area contributed by atoms with Crippen LogP contribution in [0.4, 0.5) is 14.9 Å². The lowest BCUT2D eigenvalue weighted by Crippen LogP contribution is -2.56. The van der Waals surface area contributed by atoms with Crippen molar-refractivity contribution in [2.45, 2.75) is 81.5 Å². The molecule has 7 rings (SSSR count). The SMILES string of the molecule is Cc1cc(C(=O)N2CC3(CCN(C4CC5CCC(C4)N5C(=O)O[C@@H]4CCOC4)CC3)c3cc(F)ccc32)nn1C. The Kier molecular flexibility index (Phi) is 6.38. The highest BCUT2D eigenvalue weighted by Gasteiger charge is 2.50. The number of carbonyl (C=O) groups excluding carboxylic acids is 2. The fourth-order valence-electron chi connectivity index (χ4n) is 7.92. The van der Waals surface area contributed by atoms with Crippen molar-refractivity contribution < 1.29 is 23.5 Å². The van der Waals surface area contributed by atoms with Crippen molar-refractivity contribution in [3.63, 3.8) is 0 Å². The number of aromatic nitrogens is 2. The second kappa shape index (κ2) is 9.83. The molecule has 1 spiro atoms. The number of piperidine rings is 2. The highest BCUT2D eigenvalue weighted by atomic mass is 19.1. The number of ether oxygens (including phenoxy) is 2. The fraction of sp³-hybridized carbons (Fsp3) is 0.633. The van der Waals surface area contributed by atoms with Gasteiger partial charge in [0.25, 0.3) is 5.91 Å². The number of likely N-dealkylation sites (tertiary alicyclic amines) is 1. The molecule has 40 heavy (non-hydrogen) atoms. The average molecular weight is 552 g/mol. The number of halogens is 1. The minimum absolute atomic E-state index is 0.116. The first-order valence-electron chi connectivity index (χ1n) is 14.7. The molecule has 10 heteroatoms. The van der Waals surface area contributed by atoms with Crippen LogP contribution in [0.5, 0.6) is 0 Å². The molecule has 6 heterocycles. The number of amides is 2. The lowest BCUT2D eigenvalue weighted by molar-refractivity contribution is 0.00970. The molecule has 3 atom stereocenters. The summed E-state index contributed by atoms with van der Waals surface area (Å²) in [7, 11) is 1.83. The van der Waals surface area contributed by atoms with Gasteiger partial charge in [-0.2, -0.15) is 5.10 Å². The number of anilines is 1. The Bertz CT molecular complexity index is 1280. The monoisotopic (exact) mass is 551 g/mol. The van der Waals surface area contributed by atoms with Gasteiger partial charge in [-0.05, 0) is 88.4 Å². The van der Waals surface area contributed by atoms with Crippen LogP contribution in [0.3, 0.4) is 0 Å². The summed E-state index contributed by atoms with van der Waals surface area (Å²) in [4.78, 5) is 33.0. The molecule has 9 nitrogen and oxygen atoms in total. The molecule has 1 aromatic heterocycles. The molecule has 214 valence electrons. The molecule has 2 amide bonds. The second-order valence-corrected chi connectivity index (χ2v) is 12.5. The van der Waals surface area contributed by atoms with Crippen molar-refractivity contribution in [3.05, 3.63) is 47.0 Å². The highest BCUT2D eigenvalue weighted by Crippen LogP contribution is 2.49. The van der Waals surface area contributed by atoms with Crippen molar-refractivity contribution >= 4 is 17.7 Å². The molecule has 0 aliphatic carbocycles. The molecule has 5 aliphatic heterocycles. The van der Waals surface area contributed by atoms with Crippen LogP contribution in [0, 0.1) is 12.7 Å². The Morgan fingerprint density at radius 3 is 2.48 bits per heavy atom. The first-order chi connectivity index (χ1) is 19.3. The third-order valence-electron chi connectivity index (χ3n) is 10.2. The van der Waals surface area contributed by atoms with Gasteiger partial charge in [-0.1, -0.05) is 0 Å². The van der Waals surface area contributed by atoms with Crippen molar-refractivity contribution in [1.29, 1.82) is 0 Å². The fourth-order valence-corrected chi connectivity index (χ4v) is 7.92. The molecule has 2 bridgehead atoms.